The molecule has 0 saturated carbocycles. The Labute approximate surface area is 203 Å². The van der Waals surface area contributed by atoms with Gasteiger partial charge in [-0.2, -0.15) is 0 Å². The Balaban J connectivity index is 1.38. The molecule has 0 aliphatic carbocycles. The van der Waals surface area contributed by atoms with Gasteiger partial charge in [0.05, 0.1) is 11.6 Å². The van der Waals surface area contributed by atoms with Crippen molar-refractivity contribution >= 4 is 44.0 Å². The van der Waals surface area contributed by atoms with Crippen molar-refractivity contribution in [1.29, 1.82) is 0 Å². The lowest BCUT2D eigenvalue weighted by atomic mass is 10.1. The molecule has 0 unspecified atom stereocenters. The van der Waals surface area contributed by atoms with E-state index in [9.17, 15) is 13.2 Å². The fourth-order valence-corrected chi connectivity index (χ4v) is 4.96. The number of anilines is 1. The van der Waals surface area contributed by atoms with Gasteiger partial charge in [-0.25, -0.2) is 8.42 Å². The van der Waals surface area contributed by atoms with Crippen LogP contribution < -0.4 is 14.8 Å². The first-order valence-electron chi connectivity index (χ1n) is 10.6. The lowest BCUT2D eigenvalue weighted by Gasteiger charge is -2.12. The number of ether oxygens (including phenoxy) is 1. The summed E-state index contributed by atoms with van der Waals surface area (Å²) in [5.41, 5.74) is 1.59. The lowest BCUT2D eigenvalue weighted by Crippen LogP contribution is -2.28. The SMILES string of the molecule is Cc1ccc(NS(=O)(=O)c2cc(C(=O)NCCOc3ccc4ccccc4c3)ccc2Cl)cc1. The number of hydrogen-bond donors (Lipinski definition) is 2. The first kappa shape index (κ1) is 23.6. The number of aryl methyl sites for hydroxylation is 1. The van der Waals surface area contributed by atoms with Gasteiger partial charge in [-0.1, -0.05) is 59.6 Å². The Morgan fingerprint density at radius 2 is 1.65 bits per heavy atom. The molecule has 2 N–H and O–H groups in total. The summed E-state index contributed by atoms with van der Waals surface area (Å²) in [5.74, 6) is 0.278. The molecule has 1 amide bonds. The molecular weight excluding hydrogens is 472 g/mol. The van der Waals surface area contributed by atoms with Crippen LogP contribution in [-0.4, -0.2) is 27.5 Å². The van der Waals surface area contributed by atoms with Gasteiger partial charge in [-0.05, 0) is 60.2 Å². The highest BCUT2D eigenvalue weighted by Gasteiger charge is 2.20. The lowest BCUT2D eigenvalue weighted by molar-refractivity contribution is 0.0947. The number of nitrogens with one attached hydrogen (secondary N) is 2. The number of amides is 1. The van der Waals surface area contributed by atoms with Gasteiger partial charge in [-0.15, -0.1) is 0 Å². The van der Waals surface area contributed by atoms with Crippen molar-refractivity contribution in [2.45, 2.75) is 11.8 Å². The van der Waals surface area contributed by atoms with Crippen molar-refractivity contribution in [2.24, 2.45) is 0 Å². The molecule has 0 atom stereocenters. The fourth-order valence-electron chi connectivity index (χ4n) is 3.37. The second-order valence-corrected chi connectivity index (χ2v) is 9.79. The molecule has 0 aromatic heterocycles. The van der Waals surface area contributed by atoms with Gasteiger partial charge < -0.3 is 10.1 Å². The highest BCUT2D eigenvalue weighted by molar-refractivity contribution is 7.92. The van der Waals surface area contributed by atoms with Crippen LogP contribution in [-0.2, 0) is 10.0 Å². The topological polar surface area (TPSA) is 84.5 Å². The largest absolute Gasteiger partial charge is 0.492 e. The summed E-state index contributed by atoms with van der Waals surface area (Å²) < 4.78 is 33.9. The molecule has 0 aliphatic heterocycles. The molecule has 0 heterocycles. The first-order valence-corrected chi connectivity index (χ1v) is 12.5. The Morgan fingerprint density at radius 3 is 2.41 bits per heavy atom. The predicted molar refractivity (Wildman–Crippen MR) is 135 cm³/mol. The van der Waals surface area contributed by atoms with E-state index in [0.717, 1.165) is 16.3 Å². The van der Waals surface area contributed by atoms with E-state index in [1.165, 1.54) is 18.2 Å². The van der Waals surface area contributed by atoms with Crippen molar-refractivity contribution in [1.82, 2.24) is 5.32 Å². The van der Waals surface area contributed by atoms with E-state index in [1.54, 1.807) is 24.3 Å². The van der Waals surface area contributed by atoms with Crippen LogP contribution in [0.1, 0.15) is 15.9 Å². The number of carbonyl (C=O) groups is 1. The number of halogens is 1. The molecule has 4 rings (SSSR count). The van der Waals surface area contributed by atoms with Crippen LogP contribution in [0, 0.1) is 6.92 Å². The molecule has 0 bridgehead atoms. The highest BCUT2D eigenvalue weighted by Crippen LogP contribution is 2.25. The summed E-state index contributed by atoms with van der Waals surface area (Å²) in [5, 5.41) is 4.95. The zero-order chi connectivity index (χ0) is 24.1. The Morgan fingerprint density at radius 1 is 0.912 bits per heavy atom. The van der Waals surface area contributed by atoms with Crippen LogP contribution in [0.3, 0.4) is 0 Å². The second kappa shape index (κ2) is 10.2. The first-order chi connectivity index (χ1) is 16.3. The zero-order valence-electron chi connectivity index (χ0n) is 18.4. The third kappa shape index (κ3) is 5.68. The van der Waals surface area contributed by atoms with E-state index < -0.39 is 15.9 Å². The third-order valence-electron chi connectivity index (χ3n) is 5.16. The average molecular weight is 495 g/mol. The maximum absolute atomic E-state index is 12.8. The molecule has 0 spiro atoms. The highest BCUT2D eigenvalue weighted by atomic mass is 35.5. The summed E-state index contributed by atoms with van der Waals surface area (Å²) in [6, 6.07) is 24.8. The molecule has 0 fully saturated rings. The van der Waals surface area contributed by atoms with Gasteiger partial charge in [0.2, 0.25) is 0 Å². The predicted octanol–water partition coefficient (Wildman–Crippen LogP) is 5.41. The van der Waals surface area contributed by atoms with Crippen LogP contribution >= 0.6 is 11.6 Å². The molecule has 0 radical (unpaired) electrons. The summed E-state index contributed by atoms with van der Waals surface area (Å²) in [7, 11) is -3.98. The maximum Gasteiger partial charge on any atom is 0.263 e. The van der Waals surface area contributed by atoms with Gasteiger partial charge in [0.15, 0.2) is 0 Å². The van der Waals surface area contributed by atoms with Crippen LogP contribution in [0.15, 0.2) is 89.8 Å². The maximum atomic E-state index is 12.8. The minimum Gasteiger partial charge on any atom is -0.492 e. The molecular formula is C26H23ClN2O4S. The smallest absolute Gasteiger partial charge is 0.263 e. The van der Waals surface area contributed by atoms with E-state index in [4.69, 9.17) is 16.3 Å². The van der Waals surface area contributed by atoms with Crippen LogP contribution in [0.2, 0.25) is 5.02 Å². The van der Waals surface area contributed by atoms with Gasteiger partial charge in [0.1, 0.15) is 17.3 Å². The van der Waals surface area contributed by atoms with Gasteiger partial charge in [0, 0.05) is 11.3 Å². The molecule has 0 saturated heterocycles. The minimum atomic E-state index is -3.98. The van der Waals surface area contributed by atoms with Gasteiger partial charge >= 0.3 is 0 Å². The summed E-state index contributed by atoms with van der Waals surface area (Å²) in [6.07, 6.45) is 0. The van der Waals surface area contributed by atoms with Crippen LogP contribution in [0.25, 0.3) is 10.8 Å². The fraction of sp³-hybridized carbons (Fsp3) is 0.115. The molecule has 4 aromatic rings. The van der Waals surface area contributed by atoms with E-state index in [0.29, 0.717) is 11.4 Å². The van der Waals surface area contributed by atoms with E-state index in [1.807, 2.05) is 49.4 Å². The molecule has 4 aromatic carbocycles. The Hall–Kier alpha value is -3.55. The number of sulfonamides is 1. The summed E-state index contributed by atoms with van der Waals surface area (Å²) in [6.45, 7) is 2.42. The van der Waals surface area contributed by atoms with Crippen LogP contribution in [0.5, 0.6) is 5.75 Å². The molecule has 6 nitrogen and oxygen atoms in total. The van der Waals surface area contributed by atoms with E-state index >= 15 is 0 Å². The quantitative estimate of drug-likeness (QED) is 0.321. The number of benzene rings is 4. The normalized spacial score (nSPS) is 11.2. The number of rotatable bonds is 8. The number of fused-ring (bicyclic) bond motifs is 1. The summed E-state index contributed by atoms with van der Waals surface area (Å²) >= 11 is 6.14. The standard InChI is InChI=1S/C26H23ClN2O4S/c1-18-6-10-22(11-7-18)29-34(31,32)25-17-21(9-13-24(25)27)26(30)28-14-15-33-23-12-8-19-4-2-3-5-20(19)16-23/h2-13,16-17,29H,14-15H2,1H3,(H,28,30). The van der Waals surface area contributed by atoms with Crippen molar-refractivity contribution in [2.75, 3.05) is 17.9 Å². The van der Waals surface area contributed by atoms with Gasteiger partial charge in [-0.3, -0.25) is 9.52 Å². The van der Waals surface area contributed by atoms with Gasteiger partial charge in [0.25, 0.3) is 15.9 Å². The molecule has 0 aliphatic rings. The Bertz CT molecular complexity index is 1440. The zero-order valence-corrected chi connectivity index (χ0v) is 20.0. The Kier molecular flexibility index (Phi) is 7.05. The minimum absolute atomic E-state index is 0.0239. The van der Waals surface area contributed by atoms with Crippen LogP contribution in [0.4, 0.5) is 5.69 Å². The van der Waals surface area contributed by atoms with Crippen molar-refractivity contribution in [3.05, 3.63) is 101 Å². The van der Waals surface area contributed by atoms with Crippen molar-refractivity contribution < 1.29 is 17.9 Å². The monoisotopic (exact) mass is 494 g/mol. The summed E-state index contributed by atoms with van der Waals surface area (Å²) in [4.78, 5) is 12.4. The molecule has 34 heavy (non-hydrogen) atoms. The van der Waals surface area contributed by atoms with E-state index in [2.05, 4.69) is 10.0 Å². The number of carbonyl (C=O) groups excluding carboxylic acids is 1. The van der Waals surface area contributed by atoms with Crippen molar-refractivity contribution in [3.63, 3.8) is 0 Å². The van der Waals surface area contributed by atoms with Crippen molar-refractivity contribution in [3.8, 4) is 5.75 Å². The molecule has 8 heteroatoms. The third-order valence-corrected chi connectivity index (χ3v) is 7.03. The number of hydrogen-bond acceptors (Lipinski definition) is 4. The molecule has 174 valence electrons. The average Bonchev–Trinajstić information content (AvgIpc) is 2.83. The second-order valence-electron chi connectivity index (χ2n) is 7.73. The van der Waals surface area contributed by atoms with E-state index in [-0.39, 0.29) is 28.6 Å².